The first kappa shape index (κ1) is 22.8. The van der Waals surface area contributed by atoms with Crippen molar-refractivity contribution in [3.63, 3.8) is 0 Å². The lowest BCUT2D eigenvalue weighted by Gasteiger charge is -2.33. The van der Waals surface area contributed by atoms with Crippen molar-refractivity contribution in [2.45, 2.75) is 63.8 Å². The van der Waals surface area contributed by atoms with Crippen LogP contribution in [0.3, 0.4) is 0 Å². The van der Waals surface area contributed by atoms with Crippen LogP contribution in [0.5, 0.6) is 0 Å². The molecule has 1 aliphatic carbocycles. The number of carbonyl (C=O) groups excluding carboxylic acids is 2. The number of aromatic nitrogens is 1. The number of benzene rings is 2. The summed E-state index contributed by atoms with van der Waals surface area (Å²) in [6.07, 6.45) is 8.35. The van der Waals surface area contributed by atoms with E-state index in [4.69, 9.17) is 0 Å². The van der Waals surface area contributed by atoms with Gasteiger partial charge in [0.2, 0.25) is 5.91 Å². The van der Waals surface area contributed by atoms with Crippen molar-refractivity contribution in [3.8, 4) is 0 Å². The monoisotopic (exact) mass is 454 g/mol. The number of hydrogen-bond donors (Lipinski definition) is 0. The summed E-state index contributed by atoms with van der Waals surface area (Å²) in [4.78, 5) is 33.8. The minimum Gasteiger partial charge on any atom is -0.332 e. The Morgan fingerprint density at radius 1 is 0.941 bits per heavy atom. The smallest absolute Gasteiger partial charge is 0.226 e. The highest BCUT2D eigenvalue weighted by molar-refractivity contribution is 5.93. The van der Waals surface area contributed by atoms with E-state index in [0.29, 0.717) is 13.0 Å². The van der Waals surface area contributed by atoms with Crippen molar-refractivity contribution >= 4 is 22.6 Å². The predicted octanol–water partition coefficient (Wildman–Crippen LogP) is 5.95. The minimum atomic E-state index is -0.386. The van der Waals surface area contributed by atoms with E-state index >= 15 is 0 Å². The van der Waals surface area contributed by atoms with E-state index in [1.807, 2.05) is 47.4 Å². The molecule has 0 spiro atoms. The van der Waals surface area contributed by atoms with Crippen molar-refractivity contribution in [2.24, 2.45) is 11.8 Å². The van der Waals surface area contributed by atoms with Gasteiger partial charge in [-0.2, -0.15) is 0 Å². The number of Topliss-reactive ketones (excluding diaryl/α,β-unsaturated/α-hetero) is 1. The summed E-state index contributed by atoms with van der Waals surface area (Å²) in [5.74, 6) is 1.23. The van der Waals surface area contributed by atoms with Crippen LogP contribution >= 0.6 is 0 Å². The summed E-state index contributed by atoms with van der Waals surface area (Å²) in [6.45, 7) is 2.92. The van der Waals surface area contributed by atoms with Gasteiger partial charge in [-0.15, -0.1) is 0 Å². The maximum atomic E-state index is 13.8. The fourth-order valence-corrected chi connectivity index (χ4v) is 6.08. The summed E-state index contributed by atoms with van der Waals surface area (Å²) in [5.41, 5.74) is 3.08. The number of carbonyl (C=O) groups is 2. The van der Waals surface area contributed by atoms with Gasteiger partial charge in [0.1, 0.15) is 0 Å². The van der Waals surface area contributed by atoms with Gasteiger partial charge in [-0.25, -0.2) is 0 Å². The van der Waals surface area contributed by atoms with Gasteiger partial charge in [0.05, 0.1) is 11.6 Å². The van der Waals surface area contributed by atoms with Crippen molar-refractivity contribution in [2.75, 3.05) is 6.54 Å². The van der Waals surface area contributed by atoms with E-state index in [1.54, 1.807) is 6.20 Å². The third-order valence-corrected chi connectivity index (χ3v) is 8.06. The highest BCUT2D eigenvalue weighted by atomic mass is 16.2. The SMILES string of the molecule is CCC1CCC(C(=O)N2CC[C@@H](c3ccccc3)[C@H]2C(=O)Cc2ccc3ncccc3c2)CC1. The molecule has 1 aliphatic heterocycles. The molecule has 34 heavy (non-hydrogen) atoms. The molecule has 1 saturated carbocycles. The van der Waals surface area contributed by atoms with Crippen molar-refractivity contribution in [1.29, 1.82) is 0 Å². The summed E-state index contributed by atoms with van der Waals surface area (Å²) in [6, 6.07) is 19.9. The van der Waals surface area contributed by atoms with Gasteiger partial charge in [-0.3, -0.25) is 14.6 Å². The highest BCUT2D eigenvalue weighted by Crippen LogP contribution is 2.38. The number of nitrogens with zero attached hydrogens (tertiary/aromatic N) is 2. The molecule has 2 atom stereocenters. The molecule has 2 fully saturated rings. The lowest BCUT2D eigenvalue weighted by molar-refractivity contribution is -0.142. The van der Waals surface area contributed by atoms with Crippen LogP contribution in [-0.2, 0) is 16.0 Å². The normalized spacial score (nSPS) is 24.9. The fraction of sp³-hybridized carbons (Fsp3) is 0.433. The van der Waals surface area contributed by atoms with Gasteiger partial charge >= 0.3 is 0 Å². The summed E-state index contributed by atoms with van der Waals surface area (Å²) in [7, 11) is 0. The molecule has 2 aromatic carbocycles. The minimum absolute atomic E-state index is 0.0618. The highest BCUT2D eigenvalue weighted by Gasteiger charge is 2.44. The molecule has 1 saturated heterocycles. The number of amides is 1. The second-order valence-electron chi connectivity index (χ2n) is 10.1. The largest absolute Gasteiger partial charge is 0.332 e. The van der Waals surface area contributed by atoms with Crippen LogP contribution in [0.2, 0.25) is 0 Å². The second-order valence-corrected chi connectivity index (χ2v) is 10.1. The molecule has 4 nitrogen and oxygen atoms in total. The molecule has 5 rings (SSSR count). The van der Waals surface area contributed by atoms with Crippen LogP contribution in [0.15, 0.2) is 66.9 Å². The Kier molecular flexibility index (Phi) is 6.75. The van der Waals surface area contributed by atoms with E-state index in [9.17, 15) is 9.59 Å². The van der Waals surface area contributed by atoms with Crippen molar-refractivity contribution in [3.05, 3.63) is 78.0 Å². The van der Waals surface area contributed by atoms with E-state index in [-0.39, 0.29) is 29.6 Å². The second kappa shape index (κ2) is 10.1. The third kappa shape index (κ3) is 4.64. The van der Waals surface area contributed by atoms with Gasteiger partial charge in [0.25, 0.3) is 0 Å². The molecule has 2 heterocycles. The molecule has 3 aromatic rings. The molecule has 4 heteroatoms. The van der Waals surface area contributed by atoms with Gasteiger partial charge in [0.15, 0.2) is 5.78 Å². The first-order valence-corrected chi connectivity index (χ1v) is 12.9. The Morgan fingerprint density at radius 2 is 1.74 bits per heavy atom. The van der Waals surface area contributed by atoms with Gasteiger partial charge in [-0.1, -0.05) is 55.8 Å². The van der Waals surface area contributed by atoms with Gasteiger partial charge in [-0.05, 0) is 67.3 Å². The molecule has 0 radical (unpaired) electrons. The Labute approximate surface area is 202 Å². The molecular formula is C30H34N2O2. The molecule has 176 valence electrons. The zero-order valence-electron chi connectivity index (χ0n) is 20.0. The average Bonchev–Trinajstić information content (AvgIpc) is 3.34. The Morgan fingerprint density at radius 3 is 2.50 bits per heavy atom. The number of ketones is 1. The lowest BCUT2D eigenvalue weighted by atomic mass is 9.80. The number of pyridine rings is 1. The van der Waals surface area contributed by atoms with E-state index in [1.165, 1.54) is 6.42 Å². The standard InChI is InChI=1S/C30H34N2O2/c1-2-21-10-13-24(14-11-21)30(34)32-18-16-26(23-7-4-3-5-8-23)29(32)28(33)20-22-12-15-27-25(19-22)9-6-17-31-27/h3-9,12,15,17,19,21,24,26,29H,2,10-11,13-14,16,18,20H2,1H3/t21?,24?,26-,29-/m0/s1. The van der Waals surface area contributed by atoms with Crippen LogP contribution in [-0.4, -0.2) is 34.2 Å². The number of hydrogen-bond acceptors (Lipinski definition) is 3. The third-order valence-electron chi connectivity index (χ3n) is 8.06. The van der Waals surface area contributed by atoms with Crippen molar-refractivity contribution in [1.82, 2.24) is 9.88 Å². The summed E-state index contributed by atoms with van der Waals surface area (Å²) < 4.78 is 0. The zero-order chi connectivity index (χ0) is 23.5. The zero-order valence-corrected chi connectivity index (χ0v) is 20.0. The fourth-order valence-electron chi connectivity index (χ4n) is 6.08. The van der Waals surface area contributed by atoms with Crippen LogP contribution in [0.4, 0.5) is 0 Å². The molecule has 0 bridgehead atoms. The molecule has 1 aromatic heterocycles. The first-order chi connectivity index (χ1) is 16.6. The molecule has 0 unspecified atom stereocenters. The van der Waals surface area contributed by atoms with Crippen LogP contribution in [0, 0.1) is 11.8 Å². The molecule has 0 N–H and O–H groups in total. The maximum absolute atomic E-state index is 13.8. The van der Waals surface area contributed by atoms with Crippen molar-refractivity contribution < 1.29 is 9.59 Å². The summed E-state index contributed by atoms with van der Waals surface area (Å²) in [5, 5.41) is 1.04. The Bertz CT molecular complexity index is 1150. The predicted molar refractivity (Wildman–Crippen MR) is 135 cm³/mol. The van der Waals surface area contributed by atoms with E-state index < -0.39 is 0 Å². The molecule has 1 amide bonds. The van der Waals surface area contributed by atoms with E-state index in [2.05, 4.69) is 30.1 Å². The number of fused-ring (bicyclic) bond motifs is 1. The van der Waals surface area contributed by atoms with Crippen LogP contribution in [0.1, 0.15) is 62.5 Å². The molecular weight excluding hydrogens is 420 g/mol. The average molecular weight is 455 g/mol. The first-order valence-electron chi connectivity index (χ1n) is 12.9. The van der Waals surface area contributed by atoms with Crippen LogP contribution in [0.25, 0.3) is 10.9 Å². The lowest BCUT2D eigenvalue weighted by Crippen LogP contribution is -2.46. The topological polar surface area (TPSA) is 50.3 Å². The Hall–Kier alpha value is -3.01. The van der Waals surface area contributed by atoms with Gasteiger partial charge in [0, 0.05) is 36.4 Å². The summed E-state index contributed by atoms with van der Waals surface area (Å²) >= 11 is 0. The quantitative estimate of drug-likeness (QED) is 0.463. The van der Waals surface area contributed by atoms with Gasteiger partial charge < -0.3 is 4.90 Å². The van der Waals surface area contributed by atoms with E-state index in [0.717, 1.165) is 60.1 Å². The number of rotatable bonds is 6. The maximum Gasteiger partial charge on any atom is 0.226 e. The molecule has 2 aliphatic rings. The Balaban J connectivity index is 1.39. The van der Waals surface area contributed by atoms with Crippen LogP contribution < -0.4 is 0 Å². The number of likely N-dealkylation sites (tertiary alicyclic amines) is 1.